The van der Waals surface area contributed by atoms with Crippen molar-refractivity contribution in [3.8, 4) is 0 Å². The zero-order valence-electron chi connectivity index (χ0n) is 7.12. The molecule has 0 bridgehead atoms. The van der Waals surface area contributed by atoms with Crippen molar-refractivity contribution in [2.24, 2.45) is 5.92 Å². The van der Waals surface area contributed by atoms with E-state index in [0.717, 1.165) is 0 Å². The number of rotatable bonds is 2. The summed E-state index contributed by atoms with van der Waals surface area (Å²) in [4.78, 5) is 10.9. The highest BCUT2D eigenvalue weighted by Gasteiger charge is 2.20. The largest absolute Gasteiger partial charge is 0.356 e. The third kappa shape index (κ3) is 4.47. The molecule has 0 spiro atoms. The summed E-state index contributed by atoms with van der Waals surface area (Å²) in [6.07, 6.45) is 1.70. The Hall–Kier alpha value is -0.290. The molecular formula is C7H12ClNO3S. The summed E-state index contributed by atoms with van der Waals surface area (Å²) in [5, 5.41) is 2.68. The van der Waals surface area contributed by atoms with E-state index >= 15 is 0 Å². The van der Waals surface area contributed by atoms with Gasteiger partial charge in [-0.3, -0.25) is 4.79 Å². The first-order valence-corrected chi connectivity index (χ1v) is 6.64. The molecule has 1 rings (SSSR count). The van der Waals surface area contributed by atoms with Gasteiger partial charge < -0.3 is 5.32 Å². The van der Waals surface area contributed by atoms with Crippen molar-refractivity contribution >= 4 is 25.6 Å². The average Bonchev–Trinajstić information content (AvgIpc) is 2.12. The molecule has 1 atom stereocenters. The van der Waals surface area contributed by atoms with E-state index in [1.165, 1.54) is 0 Å². The fourth-order valence-electron chi connectivity index (χ4n) is 1.43. The highest BCUT2D eigenvalue weighted by atomic mass is 35.7. The van der Waals surface area contributed by atoms with Crippen LogP contribution in [0.1, 0.15) is 19.3 Å². The van der Waals surface area contributed by atoms with Crippen molar-refractivity contribution in [2.75, 3.05) is 12.3 Å². The molecule has 0 aliphatic carbocycles. The second-order valence-corrected chi connectivity index (χ2v) is 6.07. The maximum Gasteiger partial charge on any atom is 0.232 e. The minimum Gasteiger partial charge on any atom is -0.356 e. The minimum atomic E-state index is -3.42. The fourth-order valence-corrected chi connectivity index (χ4v) is 2.86. The number of carbonyl (C=O) groups excluding carboxylic acids is 1. The van der Waals surface area contributed by atoms with Crippen LogP contribution >= 0.6 is 10.7 Å². The molecule has 0 aromatic carbocycles. The first-order chi connectivity index (χ1) is 5.97. The van der Waals surface area contributed by atoms with Gasteiger partial charge in [-0.15, -0.1) is 0 Å². The first kappa shape index (κ1) is 10.8. The van der Waals surface area contributed by atoms with E-state index in [0.29, 0.717) is 25.8 Å². The quantitative estimate of drug-likeness (QED) is 0.695. The van der Waals surface area contributed by atoms with Crippen LogP contribution in [0.2, 0.25) is 0 Å². The number of carbonyl (C=O) groups is 1. The fraction of sp³-hybridized carbons (Fsp3) is 0.857. The van der Waals surface area contributed by atoms with Crippen LogP contribution in [0.3, 0.4) is 0 Å². The maximum atomic E-state index is 10.9. The summed E-state index contributed by atoms with van der Waals surface area (Å²) in [5.74, 6) is -0.0142. The summed E-state index contributed by atoms with van der Waals surface area (Å²) in [6.45, 7) is 0.551. The Morgan fingerprint density at radius 2 is 2.15 bits per heavy atom. The molecule has 0 aromatic heterocycles. The van der Waals surface area contributed by atoms with Crippen molar-refractivity contribution in [1.29, 1.82) is 0 Å². The summed E-state index contributed by atoms with van der Waals surface area (Å²) < 4.78 is 21.5. The van der Waals surface area contributed by atoms with Crippen LogP contribution in [0, 0.1) is 5.92 Å². The Bertz CT molecular complexity index is 288. The van der Waals surface area contributed by atoms with Crippen LogP contribution in [-0.4, -0.2) is 26.6 Å². The number of hydrogen-bond donors (Lipinski definition) is 1. The Morgan fingerprint density at radius 3 is 2.77 bits per heavy atom. The molecule has 1 heterocycles. The lowest BCUT2D eigenvalue weighted by Crippen LogP contribution is -2.21. The van der Waals surface area contributed by atoms with Gasteiger partial charge in [-0.2, -0.15) is 0 Å². The van der Waals surface area contributed by atoms with Crippen LogP contribution in [-0.2, 0) is 13.8 Å². The van der Waals surface area contributed by atoms with Gasteiger partial charge in [0.2, 0.25) is 15.0 Å². The van der Waals surface area contributed by atoms with E-state index < -0.39 is 9.05 Å². The first-order valence-electron chi connectivity index (χ1n) is 4.16. The third-order valence-electron chi connectivity index (χ3n) is 2.09. The van der Waals surface area contributed by atoms with Gasteiger partial charge in [0.15, 0.2) is 0 Å². The van der Waals surface area contributed by atoms with Crippen LogP contribution in [0.4, 0.5) is 0 Å². The van der Waals surface area contributed by atoms with E-state index in [4.69, 9.17) is 10.7 Å². The molecule has 1 fully saturated rings. The SMILES string of the molecule is O=C1CCC(CS(=O)(=O)Cl)CCN1. The van der Waals surface area contributed by atoms with Crippen LogP contribution in [0.25, 0.3) is 0 Å². The second kappa shape index (κ2) is 4.28. The summed E-state index contributed by atoms with van der Waals surface area (Å²) in [6, 6.07) is 0. The number of hydrogen-bond acceptors (Lipinski definition) is 3. The zero-order valence-corrected chi connectivity index (χ0v) is 8.70. The Kier molecular flexibility index (Phi) is 3.55. The third-order valence-corrected chi connectivity index (χ3v) is 3.34. The van der Waals surface area contributed by atoms with Crippen molar-refractivity contribution < 1.29 is 13.2 Å². The van der Waals surface area contributed by atoms with Crippen LogP contribution < -0.4 is 5.32 Å². The number of nitrogens with one attached hydrogen (secondary N) is 1. The molecule has 1 aliphatic heterocycles. The number of halogens is 1. The van der Waals surface area contributed by atoms with Gasteiger partial charge in [0.05, 0.1) is 5.75 Å². The molecule has 1 amide bonds. The second-order valence-electron chi connectivity index (χ2n) is 3.25. The molecule has 0 aromatic rings. The van der Waals surface area contributed by atoms with Gasteiger partial charge in [-0.25, -0.2) is 8.42 Å². The summed E-state index contributed by atoms with van der Waals surface area (Å²) >= 11 is 0. The Labute approximate surface area is 82.1 Å². The smallest absolute Gasteiger partial charge is 0.232 e. The predicted octanol–water partition coefficient (Wildman–Crippen LogP) is 0.471. The lowest BCUT2D eigenvalue weighted by Gasteiger charge is -2.09. The highest BCUT2D eigenvalue weighted by molar-refractivity contribution is 8.13. The lowest BCUT2D eigenvalue weighted by atomic mass is 10.0. The molecule has 6 heteroatoms. The van der Waals surface area contributed by atoms with E-state index in [-0.39, 0.29) is 17.6 Å². The predicted molar refractivity (Wildman–Crippen MR) is 50.0 cm³/mol. The molecule has 1 unspecified atom stereocenters. The zero-order chi connectivity index (χ0) is 9.90. The van der Waals surface area contributed by atoms with Crippen molar-refractivity contribution in [3.05, 3.63) is 0 Å². The molecule has 76 valence electrons. The van der Waals surface area contributed by atoms with E-state index in [1.54, 1.807) is 0 Å². The normalized spacial score (nSPS) is 25.0. The van der Waals surface area contributed by atoms with Crippen LogP contribution in [0.5, 0.6) is 0 Å². The molecule has 1 aliphatic rings. The van der Waals surface area contributed by atoms with Gasteiger partial charge in [-0.05, 0) is 18.8 Å². The van der Waals surface area contributed by atoms with Gasteiger partial charge in [-0.1, -0.05) is 0 Å². The van der Waals surface area contributed by atoms with Crippen LogP contribution in [0.15, 0.2) is 0 Å². The Balaban J connectivity index is 2.48. The summed E-state index contributed by atoms with van der Waals surface area (Å²) in [5.41, 5.74) is 0. The highest BCUT2D eigenvalue weighted by Crippen LogP contribution is 2.17. The van der Waals surface area contributed by atoms with Gasteiger partial charge in [0.25, 0.3) is 0 Å². The lowest BCUT2D eigenvalue weighted by molar-refractivity contribution is -0.120. The molecule has 0 radical (unpaired) electrons. The Morgan fingerprint density at radius 1 is 1.46 bits per heavy atom. The molecule has 0 saturated carbocycles. The topological polar surface area (TPSA) is 63.2 Å². The molecule has 13 heavy (non-hydrogen) atoms. The van der Waals surface area contributed by atoms with Gasteiger partial charge in [0.1, 0.15) is 0 Å². The number of amides is 1. The van der Waals surface area contributed by atoms with Gasteiger partial charge in [0, 0.05) is 23.6 Å². The average molecular weight is 226 g/mol. The van der Waals surface area contributed by atoms with Gasteiger partial charge >= 0.3 is 0 Å². The molecule has 4 nitrogen and oxygen atoms in total. The van der Waals surface area contributed by atoms with Crippen molar-refractivity contribution in [3.63, 3.8) is 0 Å². The maximum absolute atomic E-state index is 10.9. The van der Waals surface area contributed by atoms with E-state index in [1.807, 2.05) is 0 Å². The standard InChI is InChI=1S/C7H12ClNO3S/c8-13(11,12)5-6-1-2-7(10)9-4-3-6/h6H,1-5H2,(H,9,10). The minimum absolute atomic E-state index is 0.00512. The monoisotopic (exact) mass is 225 g/mol. The van der Waals surface area contributed by atoms with Crippen molar-refractivity contribution in [2.45, 2.75) is 19.3 Å². The molecule has 1 saturated heterocycles. The van der Waals surface area contributed by atoms with Crippen molar-refractivity contribution in [1.82, 2.24) is 5.32 Å². The summed E-state index contributed by atoms with van der Waals surface area (Å²) in [7, 11) is 1.70. The molecule has 1 N–H and O–H groups in total. The van der Waals surface area contributed by atoms with E-state index in [9.17, 15) is 13.2 Å². The van der Waals surface area contributed by atoms with E-state index in [2.05, 4.69) is 5.32 Å². The molecular weight excluding hydrogens is 214 g/mol.